The molecule has 0 saturated carbocycles. The topological polar surface area (TPSA) is 67.5 Å². The molecule has 0 bridgehead atoms. The number of aromatic nitrogens is 2. The molecule has 2 aliphatic rings. The lowest BCUT2D eigenvalue weighted by Crippen LogP contribution is -2.35. The lowest BCUT2D eigenvalue weighted by Gasteiger charge is -2.23. The number of anilines is 1. The maximum Gasteiger partial charge on any atom is 0.267 e. The molecule has 1 N–H and O–H groups in total. The highest BCUT2D eigenvalue weighted by Crippen LogP contribution is 2.34. The molecule has 1 aromatic heterocycles. The van der Waals surface area contributed by atoms with Gasteiger partial charge in [0.05, 0.1) is 26.1 Å². The van der Waals surface area contributed by atoms with Gasteiger partial charge in [-0.2, -0.15) is 0 Å². The molecule has 0 aliphatic carbocycles. The van der Waals surface area contributed by atoms with Crippen molar-refractivity contribution in [3.63, 3.8) is 0 Å². The Morgan fingerprint density at radius 1 is 1.47 bits per heavy atom. The van der Waals surface area contributed by atoms with Gasteiger partial charge in [0.2, 0.25) is 0 Å². The Kier molecular flexibility index (Phi) is 2.68. The Labute approximate surface area is 106 Å². The van der Waals surface area contributed by atoms with Crippen LogP contribution in [0.3, 0.4) is 0 Å². The van der Waals surface area contributed by atoms with Crippen LogP contribution in [0.2, 0.25) is 0 Å². The van der Waals surface area contributed by atoms with E-state index in [9.17, 15) is 4.79 Å². The van der Waals surface area contributed by atoms with Gasteiger partial charge < -0.3 is 19.4 Å². The Bertz CT molecular complexity index is 484. The summed E-state index contributed by atoms with van der Waals surface area (Å²) in [7, 11) is 0. The van der Waals surface area contributed by atoms with Crippen molar-refractivity contribution in [2.75, 3.05) is 31.2 Å². The fraction of sp³-hybridized carbons (Fsp3) is 0.600. The second kappa shape index (κ2) is 4.08. The third-order valence-corrected chi connectivity index (χ3v) is 3.80. The minimum Gasteiger partial charge on any atom is -0.350 e. The summed E-state index contributed by atoms with van der Waals surface area (Å²) in [5.41, 5.74) is -0.177. The summed E-state index contributed by atoms with van der Waals surface area (Å²) < 4.78 is 11.7. The third-order valence-electron chi connectivity index (χ3n) is 3.09. The Hall–Kier alpha value is -0.920. The molecule has 2 aliphatic heterocycles. The zero-order chi connectivity index (χ0) is 11.9. The number of halogens is 1. The Balaban J connectivity index is 1.87. The first-order chi connectivity index (χ1) is 8.20. The molecule has 3 heterocycles. The highest BCUT2D eigenvalue weighted by Gasteiger charge is 2.44. The molecule has 92 valence electrons. The largest absolute Gasteiger partial charge is 0.350 e. The van der Waals surface area contributed by atoms with Crippen molar-refractivity contribution in [1.82, 2.24) is 9.97 Å². The summed E-state index contributed by atoms with van der Waals surface area (Å²) in [5.74, 6) is 0.147. The molecule has 2 saturated heterocycles. The molecule has 6 nitrogen and oxygen atoms in total. The van der Waals surface area contributed by atoms with Crippen LogP contribution in [-0.4, -0.2) is 42.1 Å². The van der Waals surface area contributed by atoms with Crippen molar-refractivity contribution in [2.24, 2.45) is 0 Å². The number of nitrogens with zero attached hydrogens (tertiary/aromatic N) is 2. The predicted octanol–water partition coefficient (Wildman–Crippen LogP) is 0.486. The van der Waals surface area contributed by atoms with Gasteiger partial charge in [-0.1, -0.05) is 0 Å². The molecule has 2 fully saturated rings. The van der Waals surface area contributed by atoms with Gasteiger partial charge in [0.25, 0.3) is 5.56 Å². The van der Waals surface area contributed by atoms with Gasteiger partial charge in [-0.3, -0.25) is 4.79 Å². The van der Waals surface area contributed by atoms with Crippen LogP contribution in [0.5, 0.6) is 0 Å². The Morgan fingerprint density at radius 2 is 2.24 bits per heavy atom. The van der Waals surface area contributed by atoms with Crippen molar-refractivity contribution < 1.29 is 9.47 Å². The van der Waals surface area contributed by atoms with E-state index in [0.29, 0.717) is 30.0 Å². The molecule has 0 atom stereocenters. The lowest BCUT2D eigenvalue weighted by atomic mass is 10.2. The summed E-state index contributed by atoms with van der Waals surface area (Å²) >= 11 is 3.26. The number of hydrogen-bond acceptors (Lipinski definition) is 5. The number of nitrogens with one attached hydrogen (secondary N) is 1. The summed E-state index contributed by atoms with van der Waals surface area (Å²) in [6.07, 6.45) is 2.21. The quantitative estimate of drug-likeness (QED) is 0.817. The van der Waals surface area contributed by atoms with E-state index in [-0.39, 0.29) is 5.56 Å². The lowest BCUT2D eigenvalue weighted by molar-refractivity contribution is -0.137. The smallest absolute Gasteiger partial charge is 0.267 e. The molecular formula is C10H12BrN3O3. The minimum atomic E-state index is -0.496. The summed E-state index contributed by atoms with van der Waals surface area (Å²) in [5, 5.41) is 0. The molecule has 17 heavy (non-hydrogen) atoms. The van der Waals surface area contributed by atoms with E-state index in [1.54, 1.807) is 0 Å². The van der Waals surface area contributed by atoms with Crippen LogP contribution in [-0.2, 0) is 9.47 Å². The second-order valence-corrected chi connectivity index (χ2v) is 4.94. The average Bonchev–Trinajstić information content (AvgIpc) is 2.94. The maximum absolute atomic E-state index is 11.5. The average molecular weight is 302 g/mol. The molecule has 0 unspecified atom stereocenters. The van der Waals surface area contributed by atoms with Crippen LogP contribution < -0.4 is 10.5 Å². The van der Waals surface area contributed by atoms with Crippen molar-refractivity contribution in [3.05, 3.63) is 21.2 Å². The molecule has 3 rings (SSSR count). The minimum absolute atomic E-state index is 0.177. The first-order valence-corrected chi connectivity index (χ1v) is 6.26. The monoisotopic (exact) mass is 301 g/mol. The SMILES string of the molecule is O=c1[nH]cnc(N2CCC3(C2)OCCO3)c1Br. The zero-order valence-corrected chi connectivity index (χ0v) is 10.7. The third kappa shape index (κ3) is 1.88. The van der Waals surface area contributed by atoms with E-state index in [1.807, 2.05) is 4.90 Å². The Morgan fingerprint density at radius 3 is 3.00 bits per heavy atom. The van der Waals surface area contributed by atoms with Gasteiger partial charge in [-0.05, 0) is 15.9 Å². The van der Waals surface area contributed by atoms with Gasteiger partial charge in [0.15, 0.2) is 11.6 Å². The first-order valence-electron chi connectivity index (χ1n) is 5.46. The van der Waals surface area contributed by atoms with Gasteiger partial charge in [-0.25, -0.2) is 4.98 Å². The number of rotatable bonds is 1. The van der Waals surface area contributed by atoms with Gasteiger partial charge in [0, 0.05) is 13.0 Å². The van der Waals surface area contributed by atoms with Crippen LogP contribution in [0.25, 0.3) is 0 Å². The highest BCUT2D eigenvalue weighted by atomic mass is 79.9. The van der Waals surface area contributed by atoms with Crippen LogP contribution in [0.4, 0.5) is 5.82 Å². The number of ether oxygens (including phenoxy) is 2. The molecular weight excluding hydrogens is 290 g/mol. The van der Waals surface area contributed by atoms with Crippen LogP contribution in [0, 0.1) is 0 Å². The fourth-order valence-electron chi connectivity index (χ4n) is 2.26. The van der Waals surface area contributed by atoms with Crippen molar-refractivity contribution in [1.29, 1.82) is 0 Å². The fourth-order valence-corrected chi connectivity index (χ4v) is 2.73. The first kappa shape index (κ1) is 11.2. The van der Waals surface area contributed by atoms with Crippen molar-refractivity contribution >= 4 is 21.7 Å². The molecule has 0 amide bonds. The normalized spacial score (nSPS) is 22.5. The highest BCUT2D eigenvalue weighted by molar-refractivity contribution is 9.10. The number of H-pyrrole nitrogens is 1. The standard InChI is InChI=1S/C10H12BrN3O3/c11-7-8(12-6-13-9(7)15)14-2-1-10(5-14)16-3-4-17-10/h6H,1-5H2,(H,12,13,15). The van der Waals surface area contributed by atoms with Gasteiger partial charge in [-0.15, -0.1) is 0 Å². The summed E-state index contributed by atoms with van der Waals surface area (Å²) in [6.45, 7) is 2.66. The van der Waals surface area contributed by atoms with Gasteiger partial charge >= 0.3 is 0 Å². The van der Waals surface area contributed by atoms with Crippen molar-refractivity contribution in [2.45, 2.75) is 12.2 Å². The van der Waals surface area contributed by atoms with Crippen LogP contribution in [0.1, 0.15) is 6.42 Å². The predicted molar refractivity (Wildman–Crippen MR) is 64.0 cm³/mol. The van der Waals surface area contributed by atoms with E-state index < -0.39 is 5.79 Å². The van der Waals surface area contributed by atoms with Crippen LogP contribution in [0.15, 0.2) is 15.6 Å². The van der Waals surface area contributed by atoms with Crippen LogP contribution >= 0.6 is 15.9 Å². The summed E-state index contributed by atoms with van der Waals surface area (Å²) in [4.78, 5) is 20.2. The van der Waals surface area contributed by atoms with E-state index in [4.69, 9.17) is 9.47 Å². The summed E-state index contributed by atoms with van der Waals surface area (Å²) in [6, 6.07) is 0. The number of aromatic amines is 1. The van der Waals surface area contributed by atoms with Gasteiger partial charge in [0.1, 0.15) is 4.47 Å². The maximum atomic E-state index is 11.5. The molecule has 0 aromatic carbocycles. The molecule has 0 radical (unpaired) electrons. The van der Waals surface area contributed by atoms with E-state index in [2.05, 4.69) is 25.9 Å². The van der Waals surface area contributed by atoms with E-state index >= 15 is 0 Å². The van der Waals surface area contributed by atoms with Crippen molar-refractivity contribution in [3.8, 4) is 0 Å². The molecule has 7 heteroatoms. The number of hydrogen-bond donors (Lipinski definition) is 1. The molecule has 1 spiro atoms. The molecule has 1 aromatic rings. The zero-order valence-electron chi connectivity index (χ0n) is 9.11. The second-order valence-electron chi connectivity index (χ2n) is 4.15. The van der Waals surface area contributed by atoms with E-state index in [1.165, 1.54) is 6.33 Å². The van der Waals surface area contributed by atoms with E-state index in [0.717, 1.165) is 13.0 Å².